The number of carbonyl (C=O) groups excluding carboxylic acids is 2. The van der Waals surface area contributed by atoms with E-state index in [4.69, 9.17) is 0 Å². The number of likely N-dealkylation sites (N-methyl/N-ethyl adjacent to an activating group) is 1. The number of thioether (sulfide) groups is 1. The van der Waals surface area contributed by atoms with E-state index < -0.39 is 12.1 Å². The Kier molecular flexibility index (Phi) is 1.50. The highest BCUT2D eigenvalue weighted by Gasteiger charge is 2.37. The lowest BCUT2D eigenvalue weighted by atomic mass is 10.2. The molecule has 0 saturated carbocycles. The summed E-state index contributed by atoms with van der Waals surface area (Å²) in [5.74, 6) is -0.300. The second-order valence-corrected chi connectivity index (χ2v) is 3.27. The van der Waals surface area contributed by atoms with Gasteiger partial charge in [-0.05, 0) is 0 Å². The van der Waals surface area contributed by atoms with E-state index in [0.29, 0.717) is 5.04 Å². The van der Waals surface area contributed by atoms with Gasteiger partial charge in [0.05, 0.1) is 5.55 Å². The summed E-state index contributed by atoms with van der Waals surface area (Å²) in [5.41, 5.74) is 1.54. The van der Waals surface area contributed by atoms with Crippen LogP contribution < -0.4 is 0 Å². The van der Waals surface area contributed by atoms with Crippen molar-refractivity contribution in [1.29, 1.82) is 0 Å². The molecule has 3 amide bonds. The van der Waals surface area contributed by atoms with E-state index in [9.17, 15) is 9.59 Å². The highest BCUT2D eigenvalue weighted by atomic mass is 32.2. The molecule has 0 radical (unpaired) electrons. The van der Waals surface area contributed by atoms with Crippen LogP contribution in [0.2, 0.25) is 0 Å². The summed E-state index contributed by atoms with van der Waals surface area (Å²) in [4.78, 5) is 30.9. The third-order valence-corrected chi connectivity index (χ3v) is 2.46. The Morgan fingerprint density at radius 3 is 3.08 bits per heavy atom. The van der Waals surface area contributed by atoms with Crippen molar-refractivity contribution < 1.29 is 9.59 Å². The molecule has 62 valence electrons. The summed E-state index contributed by atoms with van der Waals surface area (Å²) < 4.78 is 0. The maximum absolute atomic E-state index is 11.3. The number of imide groups is 1. The van der Waals surface area contributed by atoms with Crippen molar-refractivity contribution in [3.05, 3.63) is 0 Å². The quantitative estimate of drug-likeness (QED) is 0.536. The van der Waals surface area contributed by atoms with Crippen molar-refractivity contribution in [2.75, 3.05) is 7.05 Å². The fourth-order valence-corrected chi connectivity index (χ4v) is 1.69. The Morgan fingerprint density at radius 1 is 1.58 bits per heavy atom. The Balaban J connectivity index is 2.43. The van der Waals surface area contributed by atoms with Gasteiger partial charge in [0.25, 0.3) is 5.91 Å². The second-order valence-electron chi connectivity index (χ2n) is 2.40. The Hall–Kier alpha value is -1.17. The molecule has 0 aliphatic carbocycles. The van der Waals surface area contributed by atoms with Crippen LogP contribution in [0.1, 0.15) is 0 Å². The lowest BCUT2D eigenvalue weighted by molar-refractivity contribution is -0.127. The maximum atomic E-state index is 11.3. The number of urea groups is 1. The highest BCUT2D eigenvalue weighted by molar-refractivity contribution is 8.25. The van der Waals surface area contributed by atoms with Crippen LogP contribution in [-0.4, -0.2) is 40.5 Å². The topological polar surface area (TPSA) is 62.1 Å². The van der Waals surface area contributed by atoms with Gasteiger partial charge in [0, 0.05) is 7.05 Å². The van der Waals surface area contributed by atoms with Crippen molar-refractivity contribution in [3.63, 3.8) is 0 Å². The number of rotatable bonds is 0. The van der Waals surface area contributed by atoms with Gasteiger partial charge in [0.15, 0.2) is 6.04 Å². The SMILES string of the molecule is CN1C(=O)N=C2SC=NC2C1=O. The zero-order valence-corrected chi connectivity index (χ0v) is 7.04. The molecule has 5 nitrogen and oxygen atoms in total. The van der Waals surface area contributed by atoms with Crippen LogP contribution in [0.15, 0.2) is 9.98 Å². The van der Waals surface area contributed by atoms with Gasteiger partial charge in [0.1, 0.15) is 5.04 Å². The van der Waals surface area contributed by atoms with E-state index in [2.05, 4.69) is 9.98 Å². The van der Waals surface area contributed by atoms with Crippen molar-refractivity contribution in [2.45, 2.75) is 6.04 Å². The Bertz CT molecular complexity index is 323. The second kappa shape index (κ2) is 2.41. The maximum Gasteiger partial charge on any atom is 0.350 e. The molecule has 1 atom stereocenters. The number of nitrogens with zero attached hydrogens (tertiary/aromatic N) is 3. The Labute approximate surface area is 72.5 Å². The molecule has 6 heteroatoms. The lowest BCUT2D eigenvalue weighted by Crippen LogP contribution is -2.44. The van der Waals surface area contributed by atoms with Crippen molar-refractivity contribution in [2.24, 2.45) is 9.98 Å². The van der Waals surface area contributed by atoms with E-state index in [0.717, 1.165) is 4.90 Å². The van der Waals surface area contributed by atoms with Crippen molar-refractivity contribution >= 4 is 34.3 Å². The first-order chi connectivity index (χ1) is 5.70. The van der Waals surface area contributed by atoms with Gasteiger partial charge < -0.3 is 0 Å². The molecule has 0 aromatic carbocycles. The third-order valence-electron chi connectivity index (χ3n) is 1.67. The molecular formula is C6H5N3O2S. The van der Waals surface area contributed by atoms with Crippen molar-refractivity contribution in [3.8, 4) is 0 Å². The molecule has 0 spiro atoms. The van der Waals surface area contributed by atoms with Gasteiger partial charge in [-0.3, -0.25) is 14.7 Å². The first kappa shape index (κ1) is 7.48. The number of hydrogen-bond donors (Lipinski definition) is 0. The summed E-state index contributed by atoms with van der Waals surface area (Å²) in [7, 11) is 1.41. The minimum Gasteiger partial charge on any atom is -0.271 e. The van der Waals surface area contributed by atoms with E-state index >= 15 is 0 Å². The number of carbonyl (C=O) groups is 2. The highest BCUT2D eigenvalue weighted by Crippen LogP contribution is 2.21. The zero-order valence-electron chi connectivity index (χ0n) is 6.22. The molecule has 2 aliphatic heterocycles. The molecule has 0 aromatic rings. The van der Waals surface area contributed by atoms with Gasteiger partial charge in [-0.15, -0.1) is 0 Å². The van der Waals surface area contributed by atoms with Gasteiger partial charge in [-0.25, -0.2) is 4.79 Å². The summed E-state index contributed by atoms with van der Waals surface area (Å²) in [5, 5.41) is 0.489. The molecule has 0 N–H and O–H groups in total. The molecule has 0 fully saturated rings. The number of aliphatic imine (C=N–C) groups is 2. The number of amides is 3. The smallest absolute Gasteiger partial charge is 0.271 e. The monoisotopic (exact) mass is 183 g/mol. The zero-order chi connectivity index (χ0) is 8.72. The molecule has 0 saturated heterocycles. The van der Waals surface area contributed by atoms with Gasteiger partial charge in [-0.2, -0.15) is 4.99 Å². The van der Waals surface area contributed by atoms with E-state index in [1.807, 2.05) is 0 Å². The fourth-order valence-electron chi connectivity index (χ4n) is 0.977. The number of fused-ring (bicyclic) bond motifs is 1. The molecule has 0 bridgehead atoms. The van der Waals surface area contributed by atoms with E-state index in [-0.39, 0.29) is 5.91 Å². The molecule has 1 unspecified atom stereocenters. The molecule has 12 heavy (non-hydrogen) atoms. The minimum atomic E-state index is -0.558. The summed E-state index contributed by atoms with van der Waals surface area (Å²) in [6, 6.07) is -1.07. The average Bonchev–Trinajstić information content (AvgIpc) is 2.48. The Morgan fingerprint density at radius 2 is 2.33 bits per heavy atom. The molecule has 2 aliphatic rings. The van der Waals surface area contributed by atoms with Crippen LogP contribution >= 0.6 is 11.8 Å². The molecular weight excluding hydrogens is 178 g/mol. The van der Waals surface area contributed by atoms with Gasteiger partial charge in [0.2, 0.25) is 0 Å². The predicted molar refractivity (Wildman–Crippen MR) is 45.5 cm³/mol. The van der Waals surface area contributed by atoms with Crippen LogP contribution in [0.4, 0.5) is 4.79 Å². The fraction of sp³-hybridized carbons (Fsp3) is 0.333. The van der Waals surface area contributed by atoms with Crippen LogP contribution in [-0.2, 0) is 4.79 Å². The summed E-state index contributed by atoms with van der Waals surface area (Å²) in [6.45, 7) is 0. The standard InChI is InChI=1S/C6H5N3O2S/c1-9-5(10)3-4(8-6(9)11)12-2-7-3/h2-3H,1H3. The van der Waals surface area contributed by atoms with Crippen LogP contribution in [0.25, 0.3) is 0 Å². The normalized spacial score (nSPS) is 27.6. The summed E-state index contributed by atoms with van der Waals surface area (Å²) in [6.07, 6.45) is 0. The summed E-state index contributed by atoms with van der Waals surface area (Å²) >= 11 is 1.23. The van der Waals surface area contributed by atoms with E-state index in [1.54, 1.807) is 0 Å². The predicted octanol–water partition coefficient (Wildman–Crippen LogP) is 0.121. The van der Waals surface area contributed by atoms with Crippen molar-refractivity contribution in [1.82, 2.24) is 4.90 Å². The number of hydrogen-bond acceptors (Lipinski definition) is 4. The minimum absolute atomic E-state index is 0.300. The van der Waals surface area contributed by atoms with Gasteiger partial charge >= 0.3 is 6.03 Å². The molecule has 2 heterocycles. The van der Waals surface area contributed by atoms with Crippen LogP contribution in [0.3, 0.4) is 0 Å². The lowest BCUT2D eigenvalue weighted by Gasteiger charge is -2.20. The van der Waals surface area contributed by atoms with Crippen LogP contribution in [0.5, 0.6) is 0 Å². The third kappa shape index (κ3) is 0.878. The average molecular weight is 183 g/mol. The first-order valence-electron chi connectivity index (χ1n) is 3.28. The molecule has 2 rings (SSSR count). The molecule has 0 aromatic heterocycles. The van der Waals surface area contributed by atoms with E-state index in [1.165, 1.54) is 24.4 Å². The largest absolute Gasteiger partial charge is 0.350 e. The first-order valence-corrected chi connectivity index (χ1v) is 4.16. The van der Waals surface area contributed by atoms with Gasteiger partial charge in [-0.1, -0.05) is 11.8 Å². The van der Waals surface area contributed by atoms with Crippen LogP contribution in [0, 0.1) is 0 Å².